The lowest BCUT2D eigenvalue weighted by Crippen LogP contribution is -2.16. The van der Waals surface area contributed by atoms with E-state index in [1.54, 1.807) is 0 Å². The molecular weight excluding hydrogens is 250 g/mol. The van der Waals surface area contributed by atoms with E-state index in [0.717, 1.165) is 17.5 Å². The maximum atomic E-state index is 6.05. The van der Waals surface area contributed by atoms with E-state index in [4.69, 9.17) is 17.3 Å². The van der Waals surface area contributed by atoms with Gasteiger partial charge in [0.15, 0.2) is 10.8 Å². The van der Waals surface area contributed by atoms with Gasteiger partial charge in [0.2, 0.25) is 5.95 Å². The van der Waals surface area contributed by atoms with Gasteiger partial charge in [-0.1, -0.05) is 18.0 Å². The van der Waals surface area contributed by atoms with Crippen molar-refractivity contribution in [3.63, 3.8) is 0 Å². The number of nitrogens with two attached hydrogens (primary N) is 1. The predicted octanol–water partition coefficient (Wildman–Crippen LogP) is 2.42. The van der Waals surface area contributed by atoms with E-state index < -0.39 is 0 Å². The zero-order valence-electron chi connectivity index (χ0n) is 9.88. The van der Waals surface area contributed by atoms with E-state index in [-0.39, 0.29) is 5.95 Å². The predicted molar refractivity (Wildman–Crippen MR) is 69.2 cm³/mol. The molecular formula is C12H14ClN5. The number of nitrogen functional groups attached to an aromatic ring is 1. The van der Waals surface area contributed by atoms with Crippen LogP contribution in [0.25, 0.3) is 11.2 Å². The van der Waals surface area contributed by atoms with Crippen LogP contribution in [0.15, 0.2) is 6.33 Å². The second kappa shape index (κ2) is 3.57. The molecule has 0 aromatic carbocycles. The number of hydrogen-bond acceptors (Lipinski definition) is 4. The summed E-state index contributed by atoms with van der Waals surface area (Å²) in [5.41, 5.74) is 7.12. The van der Waals surface area contributed by atoms with Gasteiger partial charge in [-0.25, -0.2) is 4.98 Å². The molecule has 0 saturated heterocycles. The topological polar surface area (TPSA) is 69.6 Å². The van der Waals surface area contributed by atoms with Crippen molar-refractivity contribution in [1.29, 1.82) is 0 Å². The Morgan fingerprint density at radius 1 is 1.28 bits per heavy atom. The van der Waals surface area contributed by atoms with Crippen molar-refractivity contribution in [2.75, 3.05) is 5.73 Å². The first-order valence-electron chi connectivity index (χ1n) is 6.38. The van der Waals surface area contributed by atoms with Gasteiger partial charge in [0.1, 0.15) is 5.52 Å². The van der Waals surface area contributed by atoms with Crippen molar-refractivity contribution in [1.82, 2.24) is 19.5 Å². The first-order valence-corrected chi connectivity index (χ1v) is 6.75. The molecule has 0 radical (unpaired) electrons. The molecule has 2 fully saturated rings. The van der Waals surface area contributed by atoms with Crippen LogP contribution in [0.3, 0.4) is 0 Å². The lowest BCUT2D eigenvalue weighted by atomic mass is 9.95. The number of aromatic nitrogens is 4. The molecule has 2 aromatic rings. The van der Waals surface area contributed by atoms with Crippen LogP contribution in [-0.2, 0) is 0 Å². The van der Waals surface area contributed by atoms with Gasteiger partial charge in [0.05, 0.1) is 6.33 Å². The summed E-state index contributed by atoms with van der Waals surface area (Å²) in [6.45, 7) is 0. The standard InChI is InChI=1S/C12H14ClN5/c13-10-9-11(17-12(14)16-10)18(5-15-9)8-4-6-1-2-7(8)3-6/h5-8H,1-4H2,(H2,14,16,17)/t6-,7+,8+/m0/s1. The normalized spacial score (nSPS) is 30.4. The highest BCUT2D eigenvalue weighted by Crippen LogP contribution is 2.51. The Morgan fingerprint density at radius 3 is 2.89 bits per heavy atom. The molecule has 3 atom stereocenters. The maximum absolute atomic E-state index is 6.05. The zero-order chi connectivity index (χ0) is 12.3. The highest BCUT2D eigenvalue weighted by Gasteiger charge is 2.41. The molecule has 2 aliphatic carbocycles. The number of halogens is 1. The Kier molecular flexibility index (Phi) is 2.09. The molecule has 0 spiro atoms. The van der Waals surface area contributed by atoms with E-state index in [1.807, 2.05) is 6.33 Å². The Bertz CT molecular complexity index is 622. The third-order valence-electron chi connectivity index (χ3n) is 4.45. The van der Waals surface area contributed by atoms with Crippen LogP contribution in [0.2, 0.25) is 5.15 Å². The van der Waals surface area contributed by atoms with Gasteiger partial charge in [0, 0.05) is 6.04 Å². The van der Waals surface area contributed by atoms with E-state index in [9.17, 15) is 0 Å². The fourth-order valence-electron chi connectivity index (χ4n) is 3.69. The van der Waals surface area contributed by atoms with Crippen LogP contribution in [-0.4, -0.2) is 19.5 Å². The number of fused-ring (bicyclic) bond motifs is 3. The van der Waals surface area contributed by atoms with Gasteiger partial charge < -0.3 is 10.3 Å². The molecule has 0 amide bonds. The lowest BCUT2D eigenvalue weighted by Gasteiger charge is -2.23. The molecule has 2 saturated carbocycles. The van der Waals surface area contributed by atoms with E-state index in [0.29, 0.717) is 16.7 Å². The van der Waals surface area contributed by atoms with E-state index in [2.05, 4.69) is 19.5 Å². The first kappa shape index (κ1) is 10.6. The summed E-state index contributed by atoms with van der Waals surface area (Å²) >= 11 is 6.05. The largest absolute Gasteiger partial charge is 0.368 e. The number of rotatable bonds is 1. The molecule has 2 N–H and O–H groups in total. The van der Waals surface area contributed by atoms with Gasteiger partial charge in [-0.05, 0) is 31.1 Å². The van der Waals surface area contributed by atoms with Crippen molar-refractivity contribution >= 4 is 28.7 Å². The Hall–Kier alpha value is -1.36. The molecule has 6 heteroatoms. The second-order valence-corrected chi connectivity index (χ2v) is 5.80. The summed E-state index contributed by atoms with van der Waals surface area (Å²) in [6.07, 6.45) is 7.13. The summed E-state index contributed by atoms with van der Waals surface area (Å²) in [5, 5.41) is 0.347. The molecule has 2 bridgehead atoms. The van der Waals surface area contributed by atoms with E-state index in [1.165, 1.54) is 25.7 Å². The quantitative estimate of drug-likeness (QED) is 0.802. The first-order chi connectivity index (χ1) is 8.72. The molecule has 2 heterocycles. The highest BCUT2D eigenvalue weighted by molar-refractivity contribution is 6.33. The van der Waals surface area contributed by atoms with Gasteiger partial charge in [0.25, 0.3) is 0 Å². The molecule has 2 aliphatic rings. The summed E-state index contributed by atoms with van der Waals surface area (Å²) in [7, 11) is 0. The molecule has 94 valence electrons. The molecule has 2 aromatic heterocycles. The third-order valence-corrected chi connectivity index (χ3v) is 4.72. The van der Waals surface area contributed by atoms with Crippen LogP contribution >= 0.6 is 11.6 Å². The minimum absolute atomic E-state index is 0.220. The van der Waals surface area contributed by atoms with Crippen molar-refractivity contribution in [3.05, 3.63) is 11.5 Å². The number of anilines is 1. The number of imidazole rings is 1. The minimum Gasteiger partial charge on any atom is -0.368 e. The van der Waals surface area contributed by atoms with Gasteiger partial charge in [-0.2, -0.15) is 9.97 Å². The zero-order valence-corrected chi connectivity index (χ0v) is 10.6. The monoisotopic (exact) mass is 263 g/mol. The van der Waals surface area contributed by atoms with Gasteiger partial charge in [-0.3, -0.25) is 0 Å². The molecule has 18 heavy (non-hydrogen) atoms. The Balaban J connectivity index is 1.86. The fourth-order valence-corrected chi connectivity index (χ4v) is 3.91. The van der Waals surface area contributed by atoms with Crippen molar-refractivity contribution in [2.24, 2.45) is 11.8 Å². The second-order valence-electron chi connectivity index (χ2n) is 5.44. The Labute approximate surface area is 109 Å². The van der Waals surface area contributed by atoms with Crippen molar-refractivity contribution < 1.29 is 0 Å². The molecule has 4 rings (SSSR count). The van der Waals surface area contributed by atoms with Crippen LogP contribution in [0.5, 0.6) is 0 Å². The van der Waals surface area contributed by atoms with E-state index >= 15 is 0 Å². The van der Waals surface area contributed by atoms with Gasteiger partial charge in [-0.15, -0.1) is 0 Å². The van der Waals surface area contributed by atoms with Crippen LogP contribution in [0, 0.1) is 11.8 Å². The average molecular weight is 264 g/mol. The number of nitrogens with zero attached hydrogens (tertiary/aromatic N) is 4. The third kappa shape index (κ3) is 1.37. The van der Waals surface area contributed by atoms with Gasteiger partial charge >= 0.3 is 0 Å². The SMILES string of the molecule is Nc1nc(Cl)c2ncn([C@@H]3C[C@H]4CC[C@@H]3C4)c2n1. The molecule has 5 nitrogen and oxygen atoms in total. The van der Waals surface area contributed by atoms with Crippen LogP contribution < -0.4 is 5.73 Å². The van der Waals surface area contributed by atoms with Crippen molar-refractivity contribution in [3.8, 4) is 0 Å². The fraction of sp³-hybridized carbons (Fsp3) is 0.583. The smallest absolute Gasteiger partial charge is 0.223 e. The average Bonchev–Trinajstić information content (AvgIpc) is 3.00. The highest BCUT2D eigenvalue weighted by atomic mass is 35.5. The van der Waals surface area contributed by atoms with Crippen molar-refractivity contribution in [2.45, 2.75) is 31.7 Å². The van der Waals surface area contributed by atoms with Crippen LogP contribution in [0.4, 0.5) is 5.95 Å². The molecule has 0 aliphatic heterocycles. The Morgan fingerprint density at radius 2 is 2.17 bits per heavy atom. The summed E-state index contributed by atoms with van der Waals surface area (Å²) < 4.78 is 2.16. The number of hydrogen-bond donors (Lipinski definition) is 1. The molecule has 0 unspecified atom stereocenters. The maximum Gasteiger partial charge on any atom is 0.223 e. The summed E-state index contributed by atoms with van der Waals surface area (Å²) in [5.74, 6) is 1.87. The summed E-state index contributed by atoms with van der Waals surface area (Å²) in [4.78, 5) is 12.6. The summed E-state index contributed by atoms with van der Waals surface area (Å²) in [6, 6.07) is 0.513. The minimum atomic E-state index is 0.220. The van der Waals surface area contributed by atoms with Crippen LogP contribution in [0.1, 0.15) is 31.7 Å². The lowest BCUT2D eigenvalue weighted by molar-refractivity contribution is 0.335.